The second-order valence-corrected chi connectivity index (χ2v) is 5.51. The largest absolute Gasteiger partial charge is 0.456 e. The van der Waals surface area contributed by atoms with Crippen LogP contribution in [0.25, 0.3) is 11.0 Å². The van der Waals surface area contributed by atoms with E-state index in [0.29, 0.717) is 5.92 Å². The molecule has 1 aromatic heterocycles. The van der Waals surface area contributed by atoms with Gasteiger partial charge in [0.1, 0.15) is 5.76 Å². The Labute approximate surface area is 117 Å². The van der Waals surface area contributed by atoms with E-state index in [9.17, 15) is 4.39 Å². The lowest BCUT2D eigenvalue weighted by atomic mass is 10.0. The summed E-state index contributed by atoms with van der Waals surface area (Å²) in [6.45, 7) is 7.25. The molecule has 1 N–H and O–H groups in total. The molecule has 2 aromatic rings. The van der Waals surface area contributed by atoms with Gasteiger partial charge in [0.05, 0.1) is 11.1 Å². The quantitative estimate of drug-likeness (QED) is 0.842. The smallest absolute Gasteiger partial charge is 0.184 e. The Kier molecular flexibility index (Phi) is 4.48. The summed E-state index contributed by atoms with van der Waals surface area (Å²) < 4.78 is 19.6. The highest BCUT2D eigenvalue weighted by Crippen LogP contribution is 2.32. The van der Waals surface area contributed by atoms with Gasteiger partial charge in [0.15, 0.2) is 11.4 Å². The lowest BCUT2D eigenvalue weighted by Gasteiger charge is -2.19. The van der Waals surface area contributed by atoms with Crippen molar-refractivity contribution in [1.29, 1.82) is 0 Å². The zero-order chi connectivity index (χ0) is 14.0. The van der Waals surface area contributed by atoms with Crippen LogP contribution in [0.4, 0.5) is 4.39 Å². The minimum absolute atomic E-state index is 0.0884. The second-order valence-electron chi connectivity index (χ2n) is 5.10. The first-order chi connectivity index (χ1) is 9.04. The number of furan rings is 1. The average molecular weight is 284 g/mol. The molecule has 0 radical (unpaired) electrons. The van der Waals surface area contributed by atoms with Crippen LogP contribution in [0.2, 0.25) is 5.02 Å². The van der Waals surface area contributed by atoms with E-state index < -0.39 is 5.82 Å². The topological polar surface area (TPSA) is 25.2 Å². The third-order valence-electron chi connectivity index (χ3n) is 3.19. The molecular formula is C15H19ClFNO. The van der Waals surface area contributed by atoms with Crippen molar-refractivity contribution in [3.8, 4) is 0 Å². The predicted molar refractivity (Wildman–Crippen MR) is 77.1 cm³/mol. The fourth-order valence-electron chi connectivity index (χ4n) is 2.18. The molecule has 0 aliphatic rings. The van der Waals surface area contributed by atoms with Gasteiger partial charge < -0.3 is 9.73 Å². The summed E-state index contributed by atoms with van der Waals surface area (Å²) in [5.74, 6) is 0.647. The van der Waals surface area contributed by atoms with Crippen LogP contribution in [0.5, 0.6) is 0 Å². The van der Waals surface area contributed by atoms with Crippen LogP contribution in [0.15, 0.2) is 22.6 Å². The normalized spacial score (nSPS) is 13.4. The van der Waals surface area contributed by atoms with Crippen molar-refractivity contribution in [3.63, 3.8) is 0 Å². The third-order valence-corrected chi connectivity index (χ3v) is 3.48. The Morgan fingerprint density at radius 1 is 1.37 bits per heavy atom. The van der Waals surface area contributed by atoms with Crippen molar-refractivity contribution in [2.24, 2.45) is 5.92 Å². The van der Waals surface area contributed by atoms with Gasteiger partial charge in [0, 0.05) is 5.39 Å². The van der Waals surface area contributed by atoms with Crippen molar-refractivity contribution in [3.05, 3.63) is 34.8 Å². The number of fused-ring (bicyclic) bond motifs is 1. The van der Waals surface area contributed by atoms with Gasteiger partial charge in [-0.05, 0) is 37.1 Å². The summed E-state index contributed by atoms with van der Waals surface area (Å²) in [6.07, 6.45) is 1.05. The number of benzene rings is 1. The minimum atomic E-state index is -0.483. The summed E-state index contributed by atoms with van der Waals surface area (Å²) in [4.78, 5) is 0. The van der Waals surface area contributed by atoms with E-state index in [1.165, 1.54) is 0 Å². The zero-order valence-corrected chi connectivity index (χ0v) is 12.2. The van der Waals surface area contributed by atoms with Gasteiger partial charge in [-0.25, -0.2) is 4.39 Å². The van der Waals surface area contributed by atoms with Gasteiger partial charge in [-0.3, -0.25) is 0 Å². The maximum atomic E-state index is 13.9. The molecule has 0 amide bonds. The molecule has 0 aliphatic carbocycles. The molecule has 1 heterocycles. The van der Waals surface area contributed by atoms with Gasteiger partial charge in [0.2, 0.25) is 0 Å². The molecule has 19 heavy (non-hydrogen) atoms. The fraction of sp³-hybridized carbons (Fsp3) is 0.467. The van der Waals surface area contributed by atoms with Crippen molar-refractivity contribution in [1.82, 2.24) is 5.32 Å². The highest BCUT2D eigenvalue weighted by atomic mass is 35.5. The molecule has 4 heteroatoms. The van der Waals surface area contributed by atoms with Gasteiger partial charge in [-0.15, -0.1) is 0 Å². The highest BCUT2D eigenvalue weighted by Gasteiger charge is 2.21. The second kappa shape index (κ2) is 5.93. The standard InChI is InChI=1S/C15H19ClFNO/c1-4-7-18-14(9(2)3)12-8-10-5-6-11(16)13(17)15(10)19-12/h5-6,8-9,14,18H,4,7H2,1-3H3. The monoisotopic (exact) mass is 283 g/mol. The summed E-state index contributed by atoms with van der Waals surface area (Å²) in [6, 6.07) is 5.32. The van der Waals surface area contributed by atoms with E-state index in [-0.39, 0.29) is 16.6 Å². The number of halogens is 2. The molecule has 1 aromatic carbocycles. The Balaban J connectivity index is 2.40. The van der Waals surface area contributed by atoms with E-state index in [1.54, 1.807) is 12.1 Å². The molecule has 0 saturated heterocycles. The van der Waals surface area contributed by atoms with Crippen LogP contribution < -0.4 is 5.32 Å². The molecule has 0 fully saturated rings. The highest BCUT2D eigenvalue weighted by molar-refractivity contribution is 6.31. The van der Waals surface area contributed by atoms with Gasteiger partial charge in [0.25, 0.3) is 0 Å². The number of rotatable bonds is 5. The van der Waals surface area contributed by atoms with Gasteiger partial charge >= 0.3 is 0 Å². The van der Waals surface area contributed by atoms with Crippen LogP contribution >= 0.6 is 11.6 Å². The van der Waals surface area contributed by atoms with Gasteiger partial charge in [-0.2, -0.15) is 0 Å². The third kappa shape index (κ3) is 2.93. The Morgan fingerprint density at radius 3 is 2.74 bits per heavy atom. The first-order valence-corrected chi connectivity index (χ1v) is 7.03. The Hall–Kier alpha value is -1.06. The maximum absolute atomic E-state index is 13.9. The van der Waals surface area contributed by atoms with E-state index in [4.69, 9.17) is 16.0 Å². The van der Waals surface area contributed by atoms with Crippen molar-refractivity contribution >= 4 is 22.6 Å². The summed E-state index contributed by atoms with van der Waals surface area (Å²) >= 11 is 5.77. The van der Waals surface area contributed by atoms with Crippen LogP contribution in [0.1, 0.15) is 39.0 Å². The van der Waals surface area contributed by atoms with E-state index in [1.807, 2.05) is 6.07 Å². The number of hydrogen-bond donors (Lipinski definition) is 1. The lowest BCUT2D eigenvalue weighted by Crippen LogP contribution is -2.25. The molecule has 104 valence electrons. The molecule has 2 nitrogen and oxygen atoms in total. The summed E-state index contributed by atoms with van der Waals surface area (Å²) in [7, 11) is 0. The Morgan fingerprint density at radius 2 is 2.11 bits per heavy atom. The molecule has 1 atom stereocenters. The predicted octanol–water partition coefficient (Wildman–Crippen LogP) is 4.92. The summed E-state index contributed by atoms with van der Waals surface area (Å²) in [5, 5.41) is 4.28. The molecule has 2 rings (SSSR count). The molecule has 0 spiro atoms. The van der Waals surface area contributed by atoms with Crippen LogP contribution in [0, 0.1) is 11.7 Å². The molecule has 1 unspecified atom stereocenters. The number of nitrogens with one attached hydrogen (secondary N) is 1. The first-order valence-electron chi connectivity index (χ1n) is 6.65. The van der Waals surface area contributed by atoms with E-state index in [2.05, 4.69) is 26.1 Å². The first kappa shape index (κ1) is 14.4. The number of hydrogen-bond acceptors (Lipinski definition) is 2. The average Bonchev–Trinajstić information content (AvgIpc) is 2.78. The van der Waals surface area contributed by atoms with Crippen LogP contribution in [0.3, 0.4) is 0 Å². The Bertz CT molecular complexity index is 565. The maximum Gasteiger partial charge on any atom is 0.184 e. The molecular weight excluding hydrogens is 265 g/mol. The van der Waals surface area contributed by atoms with E-state index in [0.717, 1.165) is 24.1 Å². The lowest BCUT2D eigenvalue weighted by molar-refractivity contribution is 0.349. The van der Waals surface area contributed by atoms with Crippen molar-refractivity contribution in [2.45, 2.75) is 33.2 Å². The van der Waals surface area contributed by atoms with Crippen LogP contribution in [-0.4, -0.2) is 6.54 Å². The van der Waals surface area contributed by atoms with Crippen molar-refractivity contribution < 1.29 is 8.81 Å². The molecule has 0 aliphatic heterocycles. The van der Waals surface area contributed by atoms with Crippen molar-refractivity contribution in [2.75, 3.05) is 6.54 Å². The minimum Gasteiger partial charge on any atom is -0.456 e. The zero-order valence-electron chi connectivity index (χ0n) is 11.5. The summed E-state index contributed by atoms with van der Waals surface area (Å²) in [5.41, 5.74) is 0.242. The molecule has 0 bridgehead atoms. The molecule has 0 saturated carbocycles. The van der Waals surface area contributed by atoms with Crippen LogP contribution in [-0.2, 0) is 0 Å². The fourth-order valence-corrected chi connectivity index (χ4v) is 2.33. The van der Waals surface area contributed by atoms with Gasteiger partial charge in [-0.1, -0.05) is 32.4 Å². The SMILES string of the molecule is CCCNC(c1cc2ccc(Cl)c(F)c2o1)C(C)C. The van der Waals surface area contributed by atoms with E-state index >= 15 is 0 Å².